The SMILES string of the molecule is CN(C)c1ccc(C(c2ccc(N(C)C)cc2)C2C=CCCC2)cc1. The van der Waals surface area contributed by atoms with Crippen LogP contribution in [0.15, 0.2) is 60.7 Å². The van der Waals surface area contributed by atoms with Gasteiger partial charge in [-0.15, -0.1) is 0 Å². The minimum Gasteiger partial charge on any atom is -0.378 e. The molecule has 2 aromatic carbocycles. The van der Waals surface area contributed by atoms with Crippen molar-refractivity contribution in [1.82, 2.24) is 0 Å². The highest BCUT2D eigenvalue weighted by Gasteiger charge is 2.24. The number of benzene rings is 2. The number of nitrogens with zero attached hydrogens (tertiary/aromatic N) is 2. The van der Waals surface area contributed by atoms with Crippen LogP contribution in [0.5, 0.6) is 0 Å². The first-order valence-corrected chi connectivity index (χ1v) is 9.27. The van der Waals surface area contributed by atoms with E-state index in [4.69, 9.17) is 0 Å². The third-order valence-corrected chi connectivity index (χ3v) is 5.26. The molecule has 2 nitrogen and oxygen atoms in total. The summed E-state index contributed by atoms with van der Waals surface area (Å²) in [7, 11) is 8.37. The van der Waals surface area contributed by atoms with Gasteiger partial charge in [0.05, 0.1) is 0 Å². The van der Waals surface area contributed by atoms with Crippen molar-refractivity contribution in [2.45, 2.75) is 25.2 Å². The third-order valence-electron chi connectivity index (χ3n) is 5.26. The van der Waals surface area contributed by atoms with E-state index in [-0.39, 0.29) is 0 Å². The molecule has 0 saturated carbocycles. The summed E-state index contributed by atoms with van der Waals surface area (Å²) in [4.78, 5) is 4.32. The van der Waals surface area contributed by atoms with Crippen LogP contribution in [-0.4, -0.2) is 28.2 Å². The molecule has 0 bridgehead atoms. The zero-order chi connectivity index (χ0) is 17.8. The van der Waals surface area contributed by atoms with Crippen LogP contribution in [0.2, 0.25) is 0 Å². The molecule has 0 spiro atoms. The predicted molar refractivity (Wildman–Crippen MR) is 110 cm³/mol. The molecule has 0 heterocycles. The molecule has 0 aromatic heterocycles. The second kappa shape index (κ2) is 7.77. The van der Waals surface area contributed by atoms with Gasteiger partial charge in [0.2, 0.25) is 0 Å². The van der Waals surface area contributed by atoms with Gasteiger partial charge in [0.1, 0.15) is 0 Å². The van der Waals surface area contributed by atoms with Crippen LogP contribution in [0.1, 0.15) is 36.3 Å². The van der Waals surface area contributed by atoms with Crippen molar-refractivity contribution in [1.29, 1.82) is 0 Å². The molecular formula is C23H30N2. The van der Waals surface area contributed by atoms with Gasteiger partial charge in [0.15, 0.2) is 0 Å². The first-order valence-electron chi connectivity index (χ1n) is 9.27. The van der Waals surface area contributed by atoms with Gasteiger partial charge < -0.3 is 9.80 Å². The van der Waals surface area contributed by atoms with E-state index >= 15 is 0 Å². The fourth-order valence-electron chi connectivity index (χ4n) is 3.76. The molecule has 2 aromatic rings. The first kappa shape index (κ1) is 17.6. The molecule has 0 amide bonds. The minimum atomic E-state index is 0.434. The fourth-order valence-corrected chi connectivity index (χ4v) is 3.76. The van der Waals surface area contributed by atoms with Gasteiger partial charge in [-0.25, -0.2) is 0 Å². The highest BCUT2D eigenvalue weighted by atomic mass is 15.1. The van der Waals surface area contributed by atoms with E-state index in [2.05, 4.69) is 98.7 Å². The molecule has 0 saturated heterocycles. The van der Waals surface area contributed by atoms with Gasteiger partial charge in [-0.05, 0) is 60.6 Å². The lowest BCUT2D eigenvalue weighted by Crippen LogP contribution is -2.16. The third kappa shape index (κ3) is 4.07. The topological polar surface area (TPSA) is 6.48 Å². The van der Waals surface area contributed by atoms with Gasteiger partial charge in [-0.2, -0.15) is 0 Å². The molecule has 1 atom stereocenters. The maximum Gasteiger partial charge on any atom is 0.0361 e. The standard InChI is InChI=1S/C23H30N2/c1-24(2)21-14-10-19(11-15-21)23(18-8-6-5-7-9-18)20-12-16-22(17-13-20)25(3)4/h6,8,10-18,23H,5,7,9H2,1-4H3. The molecule has 2 heteroatoms. The molecule has 1 aliphatic rings. The number of anilines is 2. The zero-order valence-corrected chi connectivity index (χ0v) is 15.9. The molecule has 1 aliphatic carbocycles. The lowest BCUT2D eigenvalue weighted by Gasteiger charge is -2.29. The average Bonchev–Trinajstić information content (AvgIpc) is 2.64. The van der Waals surface area contributed by atoms with E-state index in [1.807, 2.05) is 0 Å². The number of hydrogen-bond donors (Lipinski definition) is 0. The molecule has 0 radical (unpaired) electrons. The Hall–Kier alpha value is -2.22. The highest BCUT2D eigenvalue weighted by molar-refractivity contribution is 5.51. The largest absolute Gasteiger partial charge is 0.378 e. The minimum absolute atomic E-state index is 0.434. The Morgan fingerprint density at radius 2 is 1.24 bits per heavy atom. The van der Waals surface area contributed by atoms with Gasteiger partial charge in [-0.1, -0.05) is 36.4 Å². The van der Waals surface area contributed by atoms with Crippen LogP contribution < -0.4 is 9.80 Å². The number of rotatable bonds is 5. The summed E-state index contributed by atoms with van der Waals surface area (Å²) in [5, 5.41) is 0. The lowest BCUT2D eigenvalue weighted by molar-refractivity contribution is 0.489. The summed E-state index contributed by atoms with van der Waals surface area (Å²) in [6.45, 7) is 0. The second-order valence-electron chi connectivity index (χ2n) is 7.47. The molecule has 25 heavy (non-hydrogen) atoms. The van der Waals surface area contributed by atoms with Gasteiger partial charge in [-0.3, -0.25) is 0 Å². The van der Waals surface area contributed by atoms with Crippen LogP contribution in [0, 0.1) is 5.92 Å². The summed E-state index contributed by atoms with van der Waals surface area (Å²) in [6.07, 6.45) is 8.59. The van der Waals surface area contributed by atoms with Gasteiger partial charge in [0.25, 0.3) is 0 Å². The Bertz CT molecular complexity index is 644. The quantitative estimate of drug-likeness (QED) is 0.684. The van der Waals surface area contributed by atoms with Crippen LogP contribution in [0.25, 0.3) is 0 Å². The predicted octanol–water partition coefficient (Wildman–Crippen LogP) is 5.31. The molecule has 3 rings (SSSR count). The Kier molecular flexibility index (Phi) is 5.47. The van der Waals surface area contributed by atoms with Crippen LogP contribution in [-0.2, 0) is 0 Å². The van der Waals surface area contributed by atoms with E-state index in [0.717, 1.165) is 0 Å². The smallest absolute Gasteiger partial charge is 0.0361 e. The molecule has 1 unspecified atom stereocenters. The van der Waals surface area contributed by atoms with Crippen molar-refractivity contribution in [2.24, 2.45) is 5.92 Å². The van der Waals surface area contributed by atoms with Crippen molar-refractivity contribution >= 4 is 11.4 Å². The average molecular weight is 335 g/mol. The van der Waals surface area contributed by atoms with Crippen LogP contribution >= 0.6 is 0 Å². The van der Waals surface area contributed by atoms with E-state index in [9.17, 15) is 0 Å². The Morgan fingerprint density at radius 1 is 0.760 bits per heavy atom. The molecule has 132 valence electrons. The van der Waals surface area contributed by atoms with Crippen LogP contribution in [0.4, 0.5) is 11.4 Å². The summed E-state index contributed by atoms with van der Waals surface area (Å²) in [5.41, 5.74) is 5.34. The lowest BCUT2D eigenvalue weighted by atomic mass is 9.76. The Labute approximate surface area is 152 Å². The normalized spacial score (nSPS) is 16.9. The molecular weight excluding hydrogens is 304 g/mol. The maximum atomic E-state index is 2.44. The summed E-state index contributed by atoms with van der Waals surface area (Å²) < 4.78 is 0. The first-order chi connectivity index (χ1) is 12.1. The summed E-state index contributed by atoms with van der Waals surface area (Å²) in [5.74, 6) is 1.02. The Balaban J connectivity index is 1.97. The molecule has 0 N–H and O–H groups in total. The fraction of sp³-hybridized carbons (Fsp3) is 0.391. The summed E-state index contributed by atoms with van der Waals surface area (Å²) in [6, 6.07) is 18.2. The molecule has 0 aliphatic heterocycles. The van der Waals surface area contributed by atoms with Crippen molar-refractivity contribution in [3.8, 4) is 0 Å². The van der Waals surface area contributed by atoms with Gasteiger partial charge >= 0.3 is 0 Å². The number of hydrogen-bond acceptors (Lipinski definition) is 2. The Morgan fingerprint density at radius 3 is 1.60 bits per heavy atom. The zero-order valence-electron chi connectivity index (χ0n) is 15.9. The van der Waals surface area contributed by atoms with Crippen molar-refractivity contribution in [3.63, 3.8) is 0 Å². The van der Waals surface area contributed by atoms with Crippen molar-refractivity contribution in [2.75, 3.05) is 38.0 Å². The van der Waals surface area contributed by atoms with Gasteiger partial charge in [0, 0.05) is 45.5 Å². The molecule has 0 fully saturated rings. The van der Waals surface area contributed by atoms with E-state index in [1.165, 1.54) is 41.8 Å². The second-order valence-corrected chi connectivity index (χ2v) is 7.47. The summed E-state index contributed by atoms with van der Waals surface area (Å²) >= 11 is 0. The number of allylic oxidation sites excluding steroid dienone is 2. The van der Waals surface area contributed by atoms with Crippen LogP contribution in [0.3, 0.4) is 0 Å². The van der Waals surface area contributed by atoms with E-state index in [1.54, 1.807) is 0 Å². The van der Waals surface area contributed by atoms with Crippen molar-refractivity contribution in [3.05, 3.63) is 71.8 Å². The highest BCUT2D eigenvalue weighted by Crippen LogP contribution is 2.38. The van der Waals surface area contributed by atoms with E-state index < -0.39 is 0 Å². The monoisotopic (exact) mass is 334 g/mol. The van der Waals surface area contributed by atoms with Crippen molar-refractivity contribution < 1.29 is 0 Å². The van der Waals surface area contributed by atoms with E-state index in [0.29, 0.717) is 11.8 Å². The maximum absolute atomic E-state index is 2.44.